The van der Waals surface area contributed by atoms with E-state index in [-0.39, 0.29) is 12.2 Å². The van der Waals surface area contributed by atoms with E-state index < -0.39 is 18.1 Å². The molecule has 1 fully saturated rings. The number of anilines is 1. The second-order valence-electron chi connectivity index (χ2n) is 4.32. The van der Waals surface area contributed by atoms with Crippen molar-refractivity contribution in [1.29, 1.82) is 0 Å². The molecule has 2 rings (SSSR count). The number of benzene rings is 1. The maximum absolute atomic E-state index is 11.8. The van der Waals surface area contributed by atoms with Gasteiger partial charge in [-0.05, 0) is 19.1 Å². The molecule has 0 spiro atoms. The Hall–Kier alpha value is -2.41. The molecule has 0 saturated carbocycles. The molecule has 21 heavy (non-hydrogen) atoms. The van der Waals surface area contributed by atoms with Gasteiger partial charge < -0.3 is 24.7 Å². The van der Waals surface area contributed by atoms with E-state index in [9.17, 15) is 9.90 Å². The van der Waals surface area contributed by atoms with E-state index in [0.29, 0.717) is 11.4 Å². The van der Waals surface area contributed by atoms with Gasteiger partial charge in [0, 0.05) is 7.05 Å². The molecule has 1 unspecified atom stereocenters. The third-order valence-electron chi connectivity index (χ3n) is 2.99. The number of carbonyl (C=O) groups excluding carboxylic acids is 1. The Labute approximate surface area is 122 Å². The van der Waals surface area contributed by atoms with Gasteiger partial charge in [0.15, 0.2) is 11.7 Å². The normalized spacial score (nSPS) is 20.9. The summed E-state index contributed by atoms with van der Waals surface area (Å²) in [5.41, 5.74) is 0.683. The topological polar surface area (TPSA) is 80.3 Å². The van der Waals surface area contributed by atoms with E-state index in [0.717, 1.165) is 0 Å². The summed E-state index contributed by atoms with van der Waals surface area (Å²) >= 11 is 0. The summed E-state index contributed by atoms with van der Waals surface area (Å²) in [5.74, 6) is -0.490. The zero-order valence-corrected chi connectivity index (χ0v) is 12.1. The predicted octanol–water partition coefficient (Wildman–Crippen LogP) is 1.64. The lowest BCUT2D eigenvalue weighted by Crippen LogP contribution is -2.33. The van der Waals surface area contributed by atoms with Crippen LogP contribution in [0.2, 0.25) is 0 Å². The summed E-state index contributed by atoms with van der Waals surface area (Å²) in [6.45, 7) is 1.96. The first kappa shape index (κ1) is 15.0. The smallest absolute Gasteiger partial charge is 0.363 e. The number of ether oxygens (including phenoxy) is 2. The van der Waals surface area contributed by atoms with Crippen LogP contribution in [-0.2, 0) is 14.4 Å². The summed E-state index contributed by atoms with van der Waals surface area (Å²) in [6.07, 6.45) is -0.680. The van der Waals surface area contributed by atoms with Crippen LogP contribution in [0.4, 0.5) is 5.69 Å². The fourth-order valence-electron chi connectivity index (χ4n) is 2.02. The molecule has 1 heterocycles. The Morgan fingerprint density at radius 2 is 2.19 bits per heavy atom. The Balaban J connectivity index is 2.32. The molecule has 1 aromatic carbocycles. The molecule has 0 bridgehead atoms. The first-order chi connectivity index (χ1) is 10.1. The lowest BCUT2D eigenvalue weighted by Gasteiger charge is -2.20. The van der Waals surface area contributed by atoms with E-state index in [1.54, 1.807) is 33.2 Å². The van der Waals surface area contributed by atoms with Crippen molar-refractivity contribution in [2.45, 2.75) is 13.1 Å². The number of para-hydroxylation sites is 2. The first-order valence-corrected chi connectivity index (χ1v) is 6.49. The quantitative estimate of drug-likeness (QED) is 0.631. The van der Waals surface area contributed by atoms with Gasteiger partial charge in [0.1, 0.15) is 5.75 Å². The number of likely N-dealkylation sites (N-methyl/N-ethyl adjacent to an activating group) is 1. The minimum Gasteiger partial charge on any atom is -0.495 e. The molecule has 114 valence electrons. The highest BCUT2D eigenvalue weighted by Gasteiger charge is 2.40. The standard InChI is InChI=1S/C14H18N2O5/c1-4-20-13(17)11-12(16(2)21-14(11)18)15-9-7-5-6-8-10(9)19-3/h5-8,12,15,17H,4H2,1-3H3/b13-11-. The second-order valence-corrected chi connectivity index (χ2v) is 4.32. The van der Waals surface area contributed by atoms with Crippen LogP contribution < -0.4 is 10.1 Å². The summed E-state index contributed by atoms with van der Waals surface area (Å²) in [4.78, 5) is 16.8. The van der Waals surface area contributed by atoms with Crippen molar-refractivity contribution in [1.82, 2.24) is 5.06 Å². The van der Waals surface area contributed by atoms with E-state index in [1.165, 1.54) is 5.06 Å². The number of hydrogen-bond donors (Lipinski definition) is 2. The molecule has 0 amide bonds. The monoisotopic (exact) mass is 294 g/mol. The maximum Gasteiger partial charge on any atom is 0.363 e. The Kier molecular flexibility index (Phi) is 4.54. The summed E-state index contributed by atoms with van der Waals surface area (Å²) in [6, 6.07) is 7.24. The van der Waals surface area contributed by atoms with Gasteiger partial charge in [-0.1, -0.05) is 12.1 Å². The van der Waals surface area contributed by atoms with Gasteiger partial charge >= 0.3 is 5.97 Å². The average Bonchev–Trinajstić information content (AvgIpc) is 2.74. The van der Waals surface area contributed by atoms with Gasteiger partial charge in [-0.15, -0.1) is 5.06 Å². The molecule has 1 saturated heterocycles. The fraction of sp³-hybridized carbons (Fsp3) is 0.357. The van der Waals surface area contributed by atoms with Crippen molar-refractivity contribution in [2.75, 3.05) is 26.1 Å². The minimum atomic E-state index is -0.680. The lowest BCUT2D eigenvalue weighted by atomic mass is 10.2. The van der Waals surface area contributed by atoms with Crippen LogP contribution in [0.25, 0.3) is 0 Å². The third-order valence-corrected chi connectivity index (χ3v) is 2.99. The van der Waals surface area contributed by atoms with Gasteiger partial charge in [0.25, 0.3) is 5.95 Å². The van der Waals surface area contributed by atoms with Crippen molar-refractivity contribution in [3.63, 3.8) is 0 Å². The highest BCUT2D eigenvalue weighted by molar-refractivity contribution is 5.92. The zero-order chi connectivity index (χ0) is 15.4. The molecule has 7 nitrogen and oxygen atoms in total. The van der Waals surface area contributed by atoms with Gasteiger partial charge in [0.05, 0.1) is 19.4 Å². The van der Waals surface area contributed by atoms with E-state index in [2.05, 4.69) is 5.32 Å². The van der Waals surface area contributed by atoms with Crippen LogP contribution in [0.5, 0.6) is 5.75 Å². The zero-order valence-electron chi connectivity index (χ0n) is 12.1. The predicted molar refractivity (Wildman–Crippen MR) is 75.5 cm³/mol. The highest BCUT2D eigenvalue weighted by atomic mass is 16.7. The van der Waals surface area contributed by atoms with Crippen LogP contribution in [0.3, 0.4) is 0 Å². The molecule has 1 aromatic rings. The van der Waals surface area contributed by atoms with Crippen LogP contribution in [-0.4, -0.2) is 43.1 Å². The van der Waals surface area contributed by atoms with Crippen molar-refractivity contribution in [3.8, 4) is 5.75 Å². The number of nitrogens with one attached hydrogen (secondary N) is 1. The Morgan fingerprint density at radius 1 is 1.48 bits per heavy atom. The van der Waals surface area contributed by atoms with Crippen LogP contribution in [0.1, 0.15) is 6.92 Å². The molecule has 2 N–H and O–H groups in total. The van der Waals surface area contributed by atoms with E-state index in [1.807, 2.05) is 12.1 Å². The van der Waals surface area contributed by atoms with E-state index >= 15 is 0 Å². The largest absolute Gasteiger partial charge is 0.495 e. The third kappa shape index (κ3) is 3.03. The van der Waals surface area contributed by atoms with Gasteiger partial charge in [-0.2, -0.15) is 0 Å². The SMILES string of the molecule is CCO/C(O)=C1\C(=O)ON(C)C1Nc1ccccc1OC. The second kappa shape index (κ2) is 6.36. The first-order valence-electron chi connectivity index (χ1n) is 6.49. The van der Waals surface area contributed by atoms with Crippen LogP contribution in [0, 0.1) is 0 Å². The van der Waals surface area contributed by atoms with Crippen LogP contribution in [0.15, 0.2) is 35.8 Å². The molecular weight excluding hydrogens is 276 g/mol. The number of aliphatic hydroxyl groups excluding tert-OH is 1. The van der Waals surface area contributed by atoms with Crippen molar-refractivity contribution in [2.24, 2.45) is 0 Å². The van der Waals surface area contributed by atoms with E-state index in [4.69, 9.17) is 14.3 Å². The summed E-state index contributed by atoms with van der Waals surface area (Å²) in [7, 11) is 3.13. The molecule has 1 atom stereocenters. The van der Waals surface area contributed by atoms with Crippen molar-refractivity contribution in [3.05, 3.63) is 35.8 Å². The van der Waals surface area contributed by atoms with Gasteiger partial charge in [-0.3, -0.25) is 0 Å². The molecule has 0 radical (unpaired) electrons. The fourth-order valence-corrected chi connectivity index (χ4v) is 2.02. The Morgan fingerprint density at radius 3 is 2.86 bits per heavy atom. The van der Waals surface area contributed by atoms with Gasteiger partial charge in [0.2, 0.25) is 0 Å². The number of nitrogens with zero attached hydrogens (tertiary/aromatic N) is 1. The molecular formula is C14H18N2O5. The number of methoxy groups -OCH3 is 1. The van der Waals surface area contributed by atoms with Crippen LogP contribution >= 0.6 is 0 Å². The lowest BCUT2D eigenvalue weighted by molar-refractivity contribution is -0.167. The molecule has 1 aliphatic rings. The molecule has 0 aliphatic carbocycles. The summed E-state index contributed by atoms with van der Waals surface area (Å²) < 4.78 is 10.2. The number of aliphatic hydroxyl groups is 1. The maximum atomic E-state index is 11.8. The summed E-state index contributed by atoms with van der Waals surface area (Å²) in [5, 5.41) is 14.3. The highest BCUT2D eigenvalue weighted by Crippen LogP contribution is 2.29. The number of hydrogen-bond acceptors (Lipinski definition) is 7. The molecule has 0 aromatic heterocycles. The van der Waals surface area contributed by atoms with Gasteiger partial charge in [-0.25, -0.2) is 4.79 Å². The molecule has 7 heteroatoms. The minimum absolute atomic E-state index is 0.0188. The average molecular weight is 294 g/mol. The molecule has 1 aliphatic heterocycles. The number of rotatable bonds is 5. The van der Waals surface area contributed by atoms with Crippen molar-refractivity contribution < 1.29 is 24.2 Å². The Bertz CT molecular complexity index is 558. The number of carbonyl (C=O) groups is 1. The van der Waals surface area contributed by atoms with Crippen molar-refractivity contribution >= 4 is 11.7 Å². The number of hydroxylamine groups is 2.